The molecule has 2 rings (SSSR count). The molecule has 0 atom stereocenters. The fourth-order valence-corrected chi connectivity index (χ4v) is 2.12. The standard InChI is InChI=1S/C13H15FN2O2/c14-10-5-6-11(9(7-10)8-15)16-12(17)3-1-2-4-13(16)18/h5-7H,1-4,8,15H2. The van der Waals surface area contributed by atoms with E-state index in [2.05, 4.69) is 0 Å². The number of nitrogens with zero attached hydrogens (tertiary/aromatic N) is 1. The van der Waals surface area contributed by atoms with E-state index in [1.54, 1.807) is 0 Å². The minimum absolute atomic E-state index is 0.0875. The molecule has 0 spiro atoms. The Kier molecular flexibility index (Phi) is 3.72. The highest BCUT2D eigenvalue weighted by Crippen LogP contribution is 2.25. The molecule has 2 N–H and O–H groups in total. The lowest BCUT2D eigenvalue weighted by atomic mass is 10.1. The molecule has 0 saturated carbocycles. The summed E-state index contributed by atoms with van der Waals surface area (Å²) in [4.78, 5) is 25.0. The van der Waals surface area contributed by atoms with E-state index in [0.29, 0.717) is 36.9 Å². The van der Waals surface area contributed by atoms with Gasteiger partial charge in [0.2, 0.25) is 11.8 Å². The maximum atomic E-state index is 13.1. The van der Waals surface area contributed by atoms with Crippen molar-refractivity contribution in [2.75, 3.05) is 4.90 Å². The van der Waals surface area contributed by atoms with Gasteiger partial charge >= 0.3 is 0 Å². The van der Waals surface area contributed by atoms with Crippen LogP contribution in [0.5, 0.6) is 0 Å². The van der Waals surface area contributed by atoms with Gasteiger partial charge in [-0.05, 0) is 36.6 Å². The Morgan fingerprint density at radius 2 is 1.78 bits per heavy atom. The number of hydrogen-bond acceptors (Lipinski definition) is 3. The number of imide groups is 1. The Hall–Kier alpha value is -1.75. The summed E-state index contributed by atoms with van der Waals surface area (Å²) < 4.78 is 13.1. The Balaban J connectivity index is 2.44. The van der Waals surface area contributed by atoms with Gasteiger partial charge < -0.3 is 5.73 Å². The molecule has 1 aliphatic rings. The van der Waals surface area contributed by atoms with Crippen molar-refractivity contribution in [3.8, 4) is 0 Å². The van der Waals surface area contributed by atoms with Crippen LogP contribution >= 0.6 is 0 Å². The second-order valence-corrected chi connectivity index (χ2v) is 4.31. The van der Waals surface area contributed by atoms with Crippen LogP contribution in [0.3, 0.4) is 0 Å². The van der Waals surface area contributed by atoms with Crippen molar-refractivity contribution in [2.45, 2.75) is 32.2 Å². The third-order valence-corrected chi connectivity index (χ3v) is 3.03. The lowest BCUT2D eigenvalue weighted by Gasteiger charge is -2.21. The first-order valence-electron chi connectivity index (χ1n) is 5.97. The quantitative estimate of drug-likeness (QED) is 0.813. The smallest absolute Gasteiger partial charge is 0.233 e. The minimum Gasteiger partial charge on any atom is -0.326 e. The van der Waals surface area contributed by atoms with Crippen LogP contribution in [-0.2, 0) is 16.1 Å². The lowest BCUT2D eigenvalue weighted by molar-refractivity contribution is -0.125. The van der Waals surface area contributed by atoms with Crippen molar-refractivity contribution in [2.24, 2.45) is 5.73 Å². The number of hydrogen-bond donors (Lipinski definition) is 1. The number of nitrogens with two attached hydrogens (primary N) is 1. The van der Waals surface area contributed by atoms with Gasteiger partial charge in [-0.1, -0.05) is 0 Å². The van der Waals surface area contributed by atoms with Gasteiger partial charge in [-0.15, -0.1) is 0 Å². The van der Waals surface area contributed by atoms with Gasteiger partial charge in [0.05, 0.1) is 5.69 Å². The van der Waals surface area contributed by atoms with Crippen LogP contribution in [0.1, 0.15) is 31.2 Å². The highest BCUT2D eigenvalue weighted by molar-refractivity contribution is 6.15. The fourth-order valence-electron chi connectivity index (χ4n) is 2.12. The van der Waals surface area contributed by atoms with Crippen molar-refractivity contribution in [1.82, 2.24) is 0 Å². The largest absolute Gasteiger partial charge is 0.326 e. The Morgan fingerprint density at radius 1 is 1.17 bits per heavy atom. The summed E-state index contributed by atoms with van der Waals surface area (Å²) in [7, 11) is 0. The number of rotatable bonds is 2. The molecule has 1 saturated heterocycles. The average Bonchev–Trinajstić information content (AvgIpc) is 2.51. The molecule has 4 nitrogen and oxygen atoms in total. The number of benzene rings is 1. The van der Waals surface area contributed by atoms with Gasteiger partial charge in [-0.3, -0.25) is 14.5 Å². The molecule has 0 bridgehead atoms. The normalized spacial score (nSPS) is 16.9. The monoisotopic (exact) mass is 250 g/mol. The SMILES string of the molecule is NCc1cc(F)ccc1N1C(=O)CCCCC1=O. The van der Waals surface area contributed by atoms with Crippen molar-refractivity contribution in [1.29, 1.82) is 0 Å². The van der Waals surface area contributed by atoms with E-state index in [1.807, 2.05) is 0 Å². The third kappa shape index (κ3) is 2.41. The lowest BCUT2D eigenvalue weighted by Crippen LogP contribution is -2.36. The van der Waals surface area contributed by atoms with Crippen LogP contribution < -0.4 is 10.6 Å². The highest BCUT2D eigenvalue weighted by atomic mass is 19.1. The molecule has 0 radical (unpaired) electrons. The minimum atomic E-state index is -0.422. The van der Waals surface area contributed by atoms with Crippen molar-refractivity contribution < 1.29 is 14.0 Å². The van der Waals surface area contributed by atoms with E-state index < -0.39 is 5.82 Å². The molecular formula is C13H15FN2O2. The first-order chi connectivity index (χ1) is 8.63. The van der Waals surface area contributed by atoms with Crippen molar-refractivity contribution in [3.63, 3.8) is 0 Å². The molecular weight excluding hydrogens is 235 g/mol. The van der Waals surface area contributed by atoms with Crippen LogP contribution in [0.25, 0.3) is 0 Å². The predicted molar refractivity (Wildman–Crippen MR) is 65.3 cm³/mol. The van der Waals surface area contributed by atoms with Crippen molar-refractivity contribution in [3.05, 3.63) is 29.6 Å². The summed E-state index contributed by atoms with van der Waals surface area (Å²) in [6.07, 6.45) is 2.10. The first-order valence-corrected chi connectivity index (χ1v) is 5.97. The van der Waals surface area contributed by atoms with Crippen LogP contribution in [-0.4, -0.2) is 11.8 Å². The molecule has 96 valence electrons. The van der Waals surface area contributed by atoms with Gasteiger partial charge in [0.15, 0.2) is 0 Å². The van der Waals surface area contributed by atoms with Gasteiger partial charge in [0.1, 0.15) is 5.82 Å². The summed E-state index contributed by atoms with van der Waals surface area (Å²) in [5, 5.41) is 0. The van der Waals surface area contributed by atoms with Crippen LogP contribution in [0.15, 0.2) is 18.2 Å². The van der Waals surface area contributed by atoms with Crippen LogP contribution in [0.4, 0.5) is 10.1 Å². The molecule has 1 aromatic rings. The second-order valence-electron chi connectivity index (χ2n) is 4.31. The van der Waals surface area contributed by atoms with E-state index in [4.69, 9.17) is 5.73 Å². The van der Waals surface area contributed by atoms with Crippen molar-refractivity contribution >= 4 is 17.5 Å². The van der Waals surface area contributed by atoms with Crippen LogP contribution in [0.2, 0.25) is 0 Å². The Bertz CT molecular complexity index is 470. The molecule has 0 aliphatic carbocycles. The molecule has 5 heteroatoms. The summed E-state index contributed by atoms with van der Waals surface area (Å²) >= 11 is 0. The molecule has 2 amide bonds. The number of amides is 2. The van der Waals surface area contributed by atoms with E-state index in [1.165, 1.54) is 18.2 Å². The molecule has 1 heterocycles. The van der Waals surface area contributed by atoms with Gasteiger partial charge in [0, 0.05) is 19.4 Å². The maximum Gasteiger partial charge on any atom is 0.233 e. The molecule has 1 fully saturated rings. The molecule has 1 aromatic carbocycles. The van der Waals surface area contributed by atoms with Gasteiger partial charge in [-0.2, -0.15) is 0 Å². The Morgan fingerprint density at radius 3 is 2.33 bits per heavy atom. The van der Waals surface area contributed by atoms with E-state index in [9.17, 15) is 14.0 Å². The number of carbonyl (C=O) groups is 2. The summed E-state index contributed by atoms with van der Waals surface area (Å²) in [5.41, 5.74) is 6.42. The first kappa shape index (κ1) is 12.7. The highest BCUT2D eigenvalue weighted by Gasteiger charge is 2.27. The average molecular weight is 250 g/mol. The maximum absolute atomic E-state index is 13.1. The van der Waals surface area contributed by atoms with Gasteiger partial charge in [-0.25, -0.2) is 4.39 Å². The van der Waals surface area contributed by atoms with Gasteiger partial charge in [0.25, 0.3) is 0 Å². The molecule has 0 unspecified atom stereocenters. The molecule has 18 heavy (non-hydrogen) atoms. The van der Waals surface area contributed by atoms with E-state index in [0.717, 1.165) is 4.90 Å². The molecule has 1 aliphatic heterocycles. The van der Waals surface area contributed by atoms with E-state index in [-0.39, 0.29) is 18.4 Å². The number of halogens is 1. The zero-order valence-corrected chi connectivity index (χ0v) is 9.99. The summed E-state index contributed by atoms with van der Waals surface area (Å²) in [6, 6.07) is 3.94. The predicted octanol–water partition coefficient (Wildman–Crippen LogP) is 1.72. The molecule has 0 aromatic heterocycles. The zero-order valence-electron chi connectivity index (χ0n) is 9.99. The number of carbonyl (C=O) groups excluding carboxylic acids is 2. The van der Waals surface area contributed by atoms with E-state index >= 15 is 0 Å². The zero-order chi connectivity index (χ0) is 13.1. The fraction of sp³-hybridized carbons (Fsp3) is 0.385. The Labute approximate surface area is 105 Å². The number of anilines is 1. The topological polar surface area (TPSA) is 63.4 Å². The second kappa shape index (κ2) is 5.27. The summed E-state index contributed by atoms with van der Waals surface area (Å²) in [6.45, 7) is 0.0875. The summed E-state index contributed by atoms with van der Waals surface area (Å²) in [5.74, 6) is -0.897. The third-order valence-electron chi connectivity index (χ3n) is 3.03. The van der Waals surface area contributed by atoms with Crippen LogP contribution in [0, 0.1) is 5.82 Å².